The topological polar surface area (TPSA) is 91.4 Å². The van der Waals surface area contributed by atoms with Gasteiger partial charge in [-0.05, 0) is 25.0 Å². The predicted octanol–water partition coefficient (Wildman–Crippen LogP) is 1.43. The van der Waals surface area contributed by atoms with Crippen LogP contribution in [-0.4, -0.2) is 46.4 Å². The van der Waals surface area contributed by atoms with Gasteiger partial charge in [-0.1, -0.05) is 12.1 Å². The van der Waals surface area contributed by atoms with E-state index in [-0.39, 0.29) is 11.8 Å². The fourth-order valence-corrected chi connectivity index (χ4v) is 4.38. The molecule has 1 spiro atoms. The van der Waals surface area contributed by atoms with Crippen LogP contribution in [0.4, 0.5) is 4.79 Å². The van der Waals surface area contributed by atoms with Crippen molar-refractivity contribution in [2.75, 3.05) is 13.1 Å². The number of nitrogens with one attached hydrogen (secondary N) is 2. The van der Waals surface area contributed by atoms with Gasteiger partial charge in [0.1, 0.15) is 5.54 Å². The summed E-state index contributed by atoms with van der Waals surface area (Å²) in [5.74, 6) is -0.210. The Bertz CT molecular complexity index is 821. The van der Waals surface area contributed by atoms with Gasteiger partial charge in [-0.2, -0.15) is 0 Å². The molecular weight excluding hydrogens is 340 g/mol. The molecule has 0 aliphatic carbocycles. The molecule has 2 fully saturated rings. The zero-order chi connectivity index (χ0) is 17.4. The molecule has 2 saturated heterocycles. The van der Waals surface area contributed by atoms with Gasteiger partial charge in [0.05, 0.1) is 15.2 Å². The highest BCUT2D eigenvalue weighted by molar-refractivity contribution is 7.18. The molecule has 7 nitrogen and oxygen atoms in total. The van der Waals surface area contributed by atoms with E-state index >= 15 is 0 Å². The molecule has 0 bridgehead atoms. The zero-order valence-corrected chi connectivity index (χ0v) is 14.4. The number of thiazole rings is 1. The molecule has 3 heterocycles. The lowest BCUT2D eigenvalue weighted by Gasteiger charge is -2.37. The third kappa shape index (κ3) is 2.97. The van der Waals surface area contributed by atoms with Gasteiger partial charge in [-0.3, -0.25) is 14.9 Å². The van der Waals surface area contributed by atoms with Gasteiger partial charge in [0.25, 0.3) is 5.91 Å². The summed E-state index contributed by atoms with van der Waals surface area (Å²) < 4.78 is 1.13. The minimum Gasteiger partial charge on any atom is -0.342 e. The largest absolute Gasteiger partial charge is 0.342 e. The summed E-state index contributed by atoms with van der Waals surface area (Å²) in [5, 5.41) is 5.95. The van der Waals surface area contributed by atoms with E-state index in [4.69, 9.17) is 0 Å². The fraction of sp³-hybridized carbons (Fsp3) is 0.412. The molecule has 4 rings (SSSR count). The van der Waals surface area contributed by atoms with Crippen molar-refractivity contribution in [2.24, 2.45) is 0 Å². The molecule has 1 aromatic heterocycles. The number of likely N-dealkylation sites (tertiary alicyclic amines) is 1. The molecule has 0 unspecified atom stereocenters. The van der Waals surface area contributed by atoms with Crippen molar-refractivity contribution in [3.63, 3.8) is 0 Å². The lowest BCUT2D eigenvalue weighted by Crippen LogP contribution is -2.55. The summed E-state index contributed by atoms with van der Waals surface area (Å²) in [7, 11) is 0. The van der Waals surface area contributed by atoms with E-state index in [0.29, 0.717) is 38.8 Å². The first-order chi connectivity index (χ1) is 12.1. The molecule has 0 saturated carbocycles. The van der Waals surface area contributed by atoms with Gasteiger partial charge in [0.15, 0.2) is 0 Å². The monoisotopic (exact) mass is 358 g/mol. The fourth-order valence-electron chi connectivity index (χ4n) is 3.42. The van der Waals surface area contributed by atoms with Gasteiger partial charge >= 0.3 is 6.03 Å². The van der Waals surface area contributed by atoms with Crippen molar-refractivity contribution in [1.29, 1.82) is 0 Å². The number of amides is 4. The Labute approximate surface area is 148 Å². The average Bonchev–Trinajstić information content (AvgIpc) is 3.14. The van der Waals surface area contributed by atoms with E-state index in [1.165, 1.54) is 0 Å². The SMILES string of the molecule is O=C1NC(=O)C2(CCN(C(=O)CCc3nc4ccccc4s3)CC2)N1. The van der Waals surface area contributed by atoms with Crippen LogP contribution >= 0.6 is 11.3 Å². The molecule has 1 aromatic carbocycles. The second kappa shape index (κ2) is 6.11. The first kappa shape index (κ1) is 16.0. The summed E-state index contributed by atoms with van der Waals surface area (Å²) in [6, 6.07) is 7.50. The number of aryl methyl sites for hydroxylation is 1. The number of fused-ring (bicyclic) bond motifs is 1. The van der Waals surface area contributed by atoms with Crippen LogP contribution in [0.3, 0.4) is 0 Å². The first-order valence-electron chi connectivity index (χ1n) is 8.32. The van der Waals surface area contributed by atoms with Crippen molar-refractivity contribution in [3.8, 4) is 0 Å². The minimum absolute atomic E-state index is 0.0684. The van der Waals surface area contributed by atoms with Gasteiger partial charge in [-0.25, -0.2) is 9.78 Å². The Kier molecular flexibility index (Phi) is 3.91. The first-order valence-corrected chi connectivity index (χ1v) is 9.13. The maximum Gasteiger partial charge on any atom is 0.322 e. The molecule has 25 heavy (non-hydrogen) atoms. The molecule has 4 amide bonds. The lowest BCUT2D eigenvalue weighted by atomic mass is 9.87. The van der Waals surface area contributed by atoms with Gasteiger partial charge in [-0.15, -0.1) is 11.3 Å². The minimum atomic E-state index is -0.832. The number of para-hydroxylation sites is 1. The third-order valence-corrected chi connectivity index (χ3v) is 5.97. The number of carbonyl (C=O) groups excluding carboxylic acids is 3. The number of rotatable bonds is 3. The van der Waals surface area contributed by atoms with Crippen molar-refractivity contribution in [1.82, 2.24) is 20.5 Å². The highest BCUT2D eigenvalue weighted by atomic mass is 32.1. The van der Waals surface area contributed by atoms with Gasteiger partial charge in [0, 0.05) is 25.9 Å². The van der Waals surface area contributed by atoms with Crippen LogP contribution in [0.2, 0.25) is 0 Å². The molecule has 0 radical (unpaired) electrons. The number of imide groups is 1. The highest BCUT2D eigenvalue weighted by Crippen LogP contribution is 2.26. The Morgan fingerprint density at radius 2 is 2.00 bits per heavy atom. The molecular formula is C17H18N4O3S. The normalized spacial score (nSPS) is 19.3. The molecule has 2 aliphatic heterocycles. The molecule has 2 aromatic rings. The number of piperidine rings is 1. The third-order valence-electron chi connectivity index (χ3n) is 4.88. The smallest absolute Gasteiger partial charge is 0.322 e. The summed E-state index contributed by atoms with van der Waals surface area (Å²) in [5.41, 5.74) is 0.138. The quantitative estimate of drug-likeness (QED) is 0.812. The summed E-state index contributed by atoms with van der Waals surface area (Å²) >= 11 is 1.62. The van der Waals surface area contributed by atoms with Gasteiger partial charge < -0.3 is 10.2 Å². The average molecular weight is 358 g/mol. The van der Waals surface area contributed by atoms with Crippen LogP contribution in [0.1, 0.15) is 24.3 Å². The number of hydrogen-bond acceptors (Lipinski definition) is 5. The lowest BCUT2D eigenvalue weighted by molar-refractivity contribution is -0.135. The Hall–Kier alpha value is -2.48. The van der Waals surface area contributed by atoms with Crippen LogP contribution in [0.25, 0.3) is 10.2 Å². The van der Waals surface area contributed by atoms with E-state index in [0.717, 1.165) is 15.2 Å². The van der Waals surface area contributed by atoms with Gasteiger partial charge in [0.2, 0.25) is 5.91 Å². The van der Waals surface area contributed by atoms with E-state index in [2.05, 4.69) is 15.6 Å². The predicted molar refractivity (Wildman–Crippen MR) is 93.2 cm³/mol. The Morgan fingerprint density at radius 3 is 2.68 bits per heavy atom. The van der Waals surface area contributed by atoms with E-state index in [1.807, 2.05) is 24.3 Å². The summed E-state index contributed by atoms with van der Waals surface area (Å²) in [6.45, 7) is 0.957. The van der Waals surface area contributed by atoms with Crippen LogP contribution < -0.4 is 10.6 Å². The second-order valence-corrected chi connectivity index (χ2v) is 7.56. The molecule has 2 aliphatic rings. The Morgan fingerprint density at radius 1 is 1.24 bits per heavy atom. The number of aromatic nitrogens is 1. The zero-order valence-electron chi connectivity index (χ0n) is 13.6. The Balaban J connectivity index is 1.33. The number of hydrogen-bond donors (Lipinski definition) is 2. The van der Waals surface area contributed by atoms with Crippen molar-refractivity contribution in [2.45, 2.75) is 31.2 Å². The number of carbonyl (C=O) groups is 3. The number of nitrogens with zero attached hydrogens (tertiary/aromatic N) is 2. The van der Waals surface area contributed by atoms with Crippen LogP contribution in [0, 0.1) is 0 Å². The van der Waals surface area contributed by atoms with Crippen molar-refractivity contribution >= 4 is 39.4 Å². The second-order valence-electron chi connectivity index (χ2n) is 6.45. The molecule has 8 heteroatoms. The van der Waals surface area contributed by atoms with Crippen LogP contribution in [0.5, 0.6) is 0 Å². The number of benzene rings is 1. The number of urea groups is 1. The van der Waals surface area contributed by atoms with E-state index in [1.54, 1.807) is 16.2 Å². The standard InChI is InChI=1S/C17H18N4O3S/c22-14(6-5-13-18-11-3-1-2-4-12(11)25-13)21-9-7-17(8-10-21)15(23)19-16(24)20-17/h1-4H,5-10H2,(H2,19,20,23,24). The van der Waals surface area contributed by atoms with E-state index in [9.17, 15) is 14.4 Å². The van der Waals surface area contributed by atoms with Crippen molar-refractivity contribution < 1.29 is 14.4 Å². The van der Waals surface area contributed by atoms with Crippen LogP contribution in [-0.2, 0) is 16.0 Å². The summed E-state index contributed by atoms with van der Waals surface area (Å²) in [4.78, 5) is 42.1. The maximum atomic E-state index is 12.5. The highest BCUT2D eigenvalue weighted by Gasteiger charge is 2.48. The molecule has 2 N–H and O–H groups in total. The van der Waals surface area contributed by atoms with Crippen molar-refractivity contribution in [3.05, 3.63) is 29.3 Å². The summed E-state index contributed by atoms with van der Waals surface area (Å²) in [6.07, 6.45) is 1.94. The molecule has 0 atom stereocenters. The van der Waals surface area contributed by atoms with E-state index < -0.39 is 11.6 Å². The maximum absolute atomic E-state index is 12.5. The molecule has 130 valence electrons. The van der Waals surface area contributed by atoms with Crippen LogP contribution in [0.15, 0.2) is 24.3 Å².